The maximum absolute atomic E-state index is 11.2. The highest BCUT2D eigenvalue weighted by Gasteiger charge is 2.00. The Kier molecular flexibility index (Phi) is 6.62. The Balaban J connectivity index is 5.15. The molecule has 0 aliphatic rings. The Morgan fingerprint density at radius 1 is 1.18 bits per heavy atom. The van der Waals surface area contributed by atoms with Crippen molar-refractivity contribution in [3.8, 4) is 0 Å². The quantitative estimate of drug-likeness (QED) is 0.389. The van der Waals surface area contributed by atoms with Gasteiger partial charge in [0, 0.05) is 5.57 Å². The number of hydrogen-bond donors (Lipinski definition) is 0. The van der Waals surface area contributed by atoms with Crippen LogP contribution in [-0.4, -0.2) is 5.78 Å². The van der Waals surface area contributed by atoms with Crippen LogP contribution in [0.25, 0.3) is 0 Å². The van der Waals surface area contributed by atoms with Crippen LogP contribution in [0.15, 0.2) is 65.5 Å². The first-order chi connectivity index (χ1) is 7.92. The van der Waals surface area contributed by atoms with E-state index in [0.717, 1.165) is 16.7 Å². The zero-order chi connectivity index (χ0) is 13.4. The third-order valence-corrected chi connectivity index (χ3v) is 2.28. The summed E-state index contributed by atoms with van der Waals surface area (Å²) in [5.41, 5.74) is 6.13. The molecule has 0 aliphatic heterocycles. The van der Waals surface area contributed by atoms with Gasteiger partial charge >= 0.3 is 0 Å². The summed E-state index contributed by atoms with van der Waals surface area (Å²) < 4.78 is 0. The van der Waals surface area contributed by atoms with Gasteiger partial charge < -0.3 is 0 Å². The first kappa shape index (κ1) is 15.2. The first-order valence-corrected chi connectivity index (χ1v) is 5.52. The van der Waals surface area contributed by atoms with Crippen LogP contribution < -0.4 is 0 Å². The van der Waals surface area contributed by atoms with Gasteiger partial charge in [-0.2, -0.15) is 0 Å². The van der Waals surface area contributed by atoms with E-state index in [-0.39, 0.29) is 5.78 Å². The smallest absolute Gasteiger partial charge is 0.155 e. The molecule has 0 aromatic rings. The predicted octanol–water partition coefficient (Wildman–Crippen LogP) is 4.31. The minimum absolute atomic E-state index is 0.0414. The Morgan fingerprint density at radius 2 is 1.76 bits per heavy atom. The van der Waals surface area contributed by atoms with Gasteiger partial charge in [-0.25, -0.2) is 0 Å². The van der Waals surface area contributed by atoms with Crippen LogP contribution in [-0.2, 0) is 4.79 Å². The summed E-state index contributed by atoms with van der Waals surface area (Å²) in [4.78, 5) is 11.2. The van der Waals surface area contributed by atoms with Gasteiger partial charge in [0.1, 0.15) is 0 Å². The number of carbonyl (C=O) groups excluding carboxylic acids is 1. The highest BCUT2D eigenvalue weighted by molar-refractivity contribution is 5.93. The molecule has 0 bridgehead atoms. The first-order valence-electron chi connectivity index (χ1n) is 5.52. The standard InChI is InChI=1S/C16H20O/c1-7-9-12(3)10-14(5)16(8-2)11-13(4)15(6)17/h7,9-11H,2,5H2,1,3-4,6H3/b9-7-,12-10-,13-11+. The normalized spacial score (nSPS) is 12.5. The average Bonchev–Trinajstić information content (AvgIpc) is 2.25. The van der Waals surface area contributed by atoms with E-state index in [4.69, 9.17) is 0 Å². The van der Waals surface area contributed by atoms with Crippen molar-refractivity contribution in [1.29, 1.82) is 0 Å². The minimum Gasteiger partial charge on any atom is -0.295 e. The van der Waals surface area contributed by atoms with Crippen molar-refractivity contribution in [3.63, 3.8) is 0 Å². The lowest BCUT2D eigenvalue weighted by Crippen LogP contribution is -1.93. The molecule has 0 saturated carbocycles. The lowest BCUT2D eigenvalue weighted by Gasteiger charge is -2.02. The summed E-state index contributed by atoms with van der Waals surface area (Å²) in [6.07, 6.45) is 7.66. The molecule has 90 valence electrons. The lowest BCUT2D eigenvalue weighted by atomic mass is 10.0. The molecule has 0 spiro atoms. The van der Waals surface area contributed by atoms with Crippen LogP contribution in [0, 0.1) is 0 Å². The minimum atomic E-state index is 0.0414. The molecule has 0 N–H and O–H groups in total. The van der Waals surface area contributed by atoms with Crippen LogP contribution in [0.2, 0.25) is 0 Å². The summed E-state index contributed by atoms with van der Waals surface area (Å²) in [5, 5.41) is 0. The fraction of sp³-hybridized carbons (Fsp3) is 0.250. The van der Waals surface area contributed by atoms with Gasteiger partial charge in [-0.15, -0.1) is 5.73 Å². The number of ketones is 1. The molecule has 0 radical (unpaired) electrons. The molecular weight excluding hydrogens is 208 g/mol. The summed E-state index contributed by atoms with van der Waals surface area (Å²) in [7, 11) is 0. The highest BCUT2D eigenvalue weighted by atomic mass is 16.1. The van der Waals surface area contributed by atoms with Crippen molar-refractivity contribution >= 4 is 5.78 Å². The van der Waals surface area contributed by atoms with Gasteiger partial charge in [0.25, 0.3) is 0 Å². The average molecular weight is 228 g/mol. The molecule has 0 aromatic carbocycles. The van der Waals surface area contributed by atoms with Crippen molar-refractivity contribution in [2.75, 3.05) is 0 Å². The lowest BCUT2D eigenvalue weighted by molar-refractivity contribution is -0.113. The summed E-state index contributed by atoms with van der Waals surface area (Å²) in [6.45, 7) is 14.8. The van der Waals surface area contributed by atoms with Gasteiger partial charge in [0.2, 0.25) is 0 Å². The van der Waals surface area contributed by atoms with E-state index < -0.39 is 0 Å². The van der Waals surface area contributed by atoms with E-state index >= 15 is 0 Å². The second kappa shape index (κ2) is 7.43. The largest absolute Gasteiger partial charge is 0.295 e. The summed E-state index contributed by atoms with van der Waals surface area (Å²) >= 11 is 0. The van der Waals surface area contributed by atoms with E-state index in [1.807, 2.05) is 32.1 Å². The van der Waals surface area contributed by atoms with Crippen molar-refractivity contribution in [2.24, 2.45) is 0 Å². The number of allylic oxidation sites excluding steroid dienone is 8. The highest BCUT2D eigenvalue weighted by Crippen LogP contribution is 2.14. The van der Waals surface area contributed by atoms with E-state index in [1.165, 1.54) is 6.92 Å². The molecule has 1 nitrogen and oxygen atoms in total. The molecule has 0 aromatic heterocycles. The topological polar surface area (TPSA) is 17.1 Å². The van der Waals surface area contributed by atoms with Gasteiger partial charge in [-0.3, -0.25) is 4.79 Å². The summed E-state index contributed by atoms with van der Waals surface area (Å²) in [6, 6.07) is 0. The zero-order valence-corrected chi connectivity index (χ0v) is 11.1. The van der Waals surface area contributed by atoms with Crippen LogP contribution >= 0.6 is 0 Å². The van der Waals surface area contributed by atoms with Gasteiger partial charge in [0.15, 0.2) is 5.78 Å². The molecule has 0 atom stereocenters. The maximum atomic E-state index is 11.2. The van der Waals surface area contributed by atoms with Crippen LogP contribution in [0.4, 0.5) is 0 Å². The molecular formula is C16H20O. The summed E-state index contributed by atoms with van der Waals surface area (Å²) in [5.74, 6) is 0.0414. The van der Waals surface area contributed by atoms with Crippen molar-refractivity contribution in [2.45, 2.75) is 27.7 Å². The van der Waals surface area contributed by atoms with Crippen molar-refractivity contribution in [1.82, 2.24) is 0 Å². The number of hydrogen-bond acceptors (Lipinski definition) is 1. The Hall–Kier alpha value is -1.85. The van der Waals surface area contributed by atoms with Crippen molar-refractivity contribution in [3.05, 3.63) is 65.5 Å². The zero-order valence-electron chi connectivity index (χ0n) is 11.1. The van der Waals surface area contributed by atoms with Crippen LogP contribution in [0.3, 0.4) is 0 Å². The number of carbonyl (C=O) groups is 1. The Bertz CT molecular complexity index is 450. The van der Waals surface area contributed by atoms with Gasteiger partial charge in [-0.05, 0) is 44.9 Å². The maximum Gasteiger partial charge on any atom is 0.155 e. The molecule has 0 amide bonds. The second-order valence-electron chi connectivity index (χ2n) is 3.89. The Morgan fingerprint density at radius 3 is 2.18 bits per heavy atom. The monoisotopic (exact) mass is 228 g/mol. The fourth-order valence-electron chi connectivity index (χ4n) is 1.24. The molecule has 0 rings (SSSR count). The van der Waals surface area contributed by atoms with Gasteiger partial charge in [0.05, 0.1) is 0 Å². The number of rotatable bonds is 5. The molecule has 0 fully saturated rings. The fourth-order valence-corrected chi connectivity index (χ4v) is 1.24. The van der Waals surface area contributed by atoms with Crippen LogP contribution in [0.5, 0.6) is 0 Å². The molecule has 0 saturated heterocycles. The molecule has 0 heterocycles. The Labute approximate surface area is 104 Å². The van der Waals surface area contributed by atoms with E-state index in [2.05, 4.69) is 18.9 Å². The van der Waals surface area contributed by atoms with Crippen LogP contribution in [0.1, 0.15) is 27.7 Å². The molecule has 0 unspecified atom stereocenters. The van der Waals surface area contributed by atoms with Gasteiger partial charge in [-0.1, -0.05) is 37.0 Å². The van der Waals surface area contributed by atoms with E-state index in [0.29, 0.717) is 5.57 Å². The second-order valence-corrected chi connectivity index (χ2v) is 3.89. The SMILES string of the molecule is C=C=C(/C=C(\C)C(C)=O)C(=C)/C=C(C)\C=C/C. The molecule has 17 heavy (non-hydrogen) atoms. The predicted molar refractivity (Wildman–Crippen MR) is 74.8 cm³/mol. The van der Waals surface area contributed by atoms with Crippen molar-refractivity contribution < 1.29 is 4.79 Å². The van der Waals surface area contributed by atoms with E-state index in [9.17, 15) is 4.79 Å². The van der Waals surface area contributed by atoms with E-state index in [1.54, 1.807) is 13.0 Å². The third kappa shape index (κ3) is 5.70. The number of Topliss-reactive ketones (excluding diaryl/α,β-unsaturated/α-hetero) is 1. The molecule has 1 heteroatoms. The third-order valence-electron chi connectivity index (χ3n) is 2.28. The molecule has 0 aliphatic carbocycles.